The van der Waals surface area contributed by atoms with Crippen molar-refractivity contribution in [1.82, 2.24) is 0 Å². The topological polar surface area (TPSA) is 53.3 Å². The number of amidine groups is 1. The summed E-state index contributed by atoms with van der Waals surface area (Å²) in [4.78, 5) is 17.5. The number of carbonyl (C=O) groups excluding carboxylic acids is 1. The fourth-order valence-electron chi connectivity index (χ4n) is 4.72. The lowest BCUT2D eigenvalue weighted by Crippen LogP contribution is -2.15. The highest BCUT2D eigenvalue weighted by molar-refractivity contribution is 6.13. The Bertz CT molecular complexity index is 1010. The van der Waals surface area contributed by atoms with E-state index >= 15 is 0 Å². The van der Waals surface area contributed by atoms with Crippen LogP contribution in [0.1, 0.15) is 50.5 Å². The molecule has 0 saturated heterocycles. The average Bonchev–Trinajstić information content (AvgIpc) is 3.07. The number of hydrogen-bond donors (Lipinski definition) is 1. The van der Waals surface area contributed by atoms with Crippen LogP contribution in [0.25, 0.3) is 0 Å². The Morgan fingerprint density at radius 2 is 2.00 bits per heavy atom. The molecule has 0 radical (unpaired) electrons. The van der Waals surface area contributed by atoms with Crippen LogP contribution < -0.4 is 0 Å². The largest absolute Gasteiger partial charge is 0.294 e. The van der Waals surface area contributed by atoms with E-state index in [9.17, 15) is 9.18 Å². The number of halogens is 1. The normalized spacial score (nSPS) is 24.2. The molecular formula is C25H25FN2O. The Labute approximate surface area is 170 Å². The zero-order chi connectivity index (χ0) is 20.5. The van der Waals surface area contributed by atoms with E-state index < -0.39 is 0 Å². The van der Waals surface area contributed by atoms with E-state index in [1.165, 1.54) is 12.1 Å². The highest BCUT2D eigenvalue weighted by atomic mass is 19.1. The lowest BCUT2D eigenvalue weighted by atomic mass is 9.84. The van der Waals surface area contributed by atoms with Gasteiger partial charge in [0.25, 0.3) is 0 Å². The van der Waals surface area contributed by atoms with Gasteiger partial charge in [0.1, 0.15) is 11.7 Å². The molecule has 0 bridgehead atoms. The number of hydrogen-bond acceptors (Lipinski definition) is 2. The van der Waals surface area contributed by atoms with Crippen LogP contribution in [0.2, 0.25) is 0 Å². The molecule has 1 unspecified atom stereocenters. The monoisotopic (exact) mass is 388 g/mol. The quantitative estimate of drug-likeness (QED) is 0.690. The van der Waals surface area contributed by atoms with Gasteiger partial charge in [0.15, 0.2) is 5.78 Å². The molecule has 1 aromatic rings. The van der Waals surface area contributed by atoms with Gasteiger partial charge in [0, 0.05) is 29.7 Å². The molecule has 1 N–H and O–H groups in total. The maximum atomic E-state index is 13.3. The third-order valence-corrected chi connectivity index (χ3v) is 6.24. The second-order valence-corrected chi connectivity index (χ2v) is 8.15. The third kappa shape index (κ3) is 3.98. The van der Waals surface area contributed by atoms with E-state index in [0.717, 1.165) is 47.3 Å². The van der Waals surface area contributed by atoms with Crippen molar-refractivity contribution in [3.8, 4) is 0 Å². The summed E-state index contributed by atoms with van der Waals surface area (Å²) in [7, 11) is 0. The fraction of sp³-hybridized carbons (Fsp3) is 0.320. The summed E-state index contributed by atoms with van der Waals surface area (Å²) < 4.78 is 13.3. The predicted molar refractivity (Wildman–Crippen MR) is 115 cm³/mol. The van der Waals surface area contributed by atoms with E-state index in [4.69, 9.17) is 5.41 Å². The number of nitrogens with one attached hydrogen (secondary N) is 1. The summed E-state index contributed by atoms with van der Waals surface area (Å²) in [6.45, 7) is 5.99. The minimum atomic E-state index is -0.227. The molecule has 0 amide bonds. The lowest BCUT2D eigenvalue weighted by molar-refractivity contribution is -0.116. The van der Waals surface area contributed by atoms with Gasteiger partial charge in [0.05, 0.1) is 0 Å². The second kappa shape index (κ2) is 7.86. The summed E-state index contributed by atoms with van der Waals surface area (Å²) in [6, 6.07) is 6.72. The molecule has 29 heavy (non-hydrogen) atoms. The number of aliphatic imine (C=N–C) groups is 1. The van der Waals surface area contributed by atoms with Gasteiger partial charge in [-0.05, 0) is 66.5 Å². The van der Waals surface area contributed by atoms with Crippen LogP contribution in [0.15, 0.2) is 76.4 Å². The van der Waals surface area contributed by atoms with Gasteiger partial charge in [-0.3, -0.25) is 10.2 Å². The van der Waals surface area contributed by atoms with Crippen molar-refractivity contribution in [3.63, 3.8) is 0 Å². The number of allylic oxidation sites excluding steroid dienone is 6. The lowest BCUT2D eigenvalue weighted by Gasteiger charge is -2.20. The number of ketones is 1. The number of carbonyl (C=O) groups is 1. The molecule has 2 atom stereocenters. The van der Waals surface area contributed by atoms with Crippen LogP contribution in [0, 0.1) is 17.1 Å². The number of Topliss-reactive ketones (excluding diaryl/α,β-unsaturated/α-hetero) is 1. The van der Waals surface area contributed by atoms with Gasteiger partial charge in [-0.15, -0.1) is 0 Å². The number of rotatable bonds is 4. The summed E-state index contributed by atoms with van der Waals surface area (Å²) >= 11 is 0. The van der Waals surface area contributed by atoms with Crippen molar-refractivity contribution in [3.05, 3.63) is 82.7 Å². The van der Waals surface area contributed by atoms with Crippen molar-refractivity contribution < 1.29 is 9.18 Å². The molecule has 1 aliphatic heterocycles. The Morgan fingerprint density at radius 1 is 1.24 bits per heavy atom. The molecule has 0 aromatic heterocycles. The first-order valence-electron chi connectivity index (χ1n) is 10.2. The third-order valence-electron chi connectivity index (χ3n) is 6.24. The SMILES string of the molecule is C=C1C=CC(C(=O)CC2CCC[C@@H]2c2ccc(F)cc2)=CC2=C1CC(=N)N=C2C. The molecule has 2 aliphatic carbocycles. The van der Waals surface area contributed by atoms with E-state index in [2.05, 4.69) is 11.6 Å². The van der Waals surface area contributed by atoms with Gasteiger partial charge in [0.2, 0.25) is 0 Å². The summed E-state index contributed by atoms with van der Waals surface area (Å²) in [5.74, 6) is 0.798. The molecule has 3 aliphatic rings. The minimum absolute atomic E-state index is 0.121. The summed E-state index contributed by atoms with van der Waals surface area (Å²) in [6.07, 6.45) is 9.73. The molecule has 148 valence electrons. The van der Waals surface area contributed by atoms with Crippen molar-refractivity contribution in [2.45, 2.75) is 44.9 Å². The van der Waals surface area contributed by atoms with Gasteiger partial charge < -0.3 is 0 Å². The van der Waals surface area contributed by atoms with E-state index in [1.54, 1.807) is 0 Å². The standard InChI is InChI=1S/C25H25FN2O/c1-15-6-7-19(12-23-16(2)28-25(27)14-22(15)23)24(29)13-18-4-3-5-21(18)17-8-10-20(26)11-9-17/h6-12,18,21,27H,1,3-5,13-14H2,2H3/t18?,21-/m1/s1. The number of nitrogens with zero attached hydrogens (tertiary/aromatic N) is 1. The number of dihydropyridines is 1. The first-order valence-corrected chi connectivity index (χ1v) is 10.2. The predicted octanol–water partition coefficient (Wildman–Crippen LogP) is 5.86. The molecule has 0 spiro atoms. The molecule has 1 fully saturated rings. The molecule has 1 heterocycles. The van der Waals surface area contributed by atoms with Gasteiger partial charge in [-0.25, -0.2) is 9.38 Å². The Balaban J connectivity index is 1.56. The second-order valence-electron chi connectivity index (χ2n) is 8.15. The molecule has 4 rings (SSSR count). The molecular weight excluding hydrogens is 363 g/mol. The Hall–Kier alpha value is -2.88. The molecule has 1 aromatic carbocycles. The first kappa shape index (κ1) is 19.4. The van der Waals surface area contributed by atoms with E-state index in [0.29, 0.717) is 30.2 Å². The smallest absolute Gasteiger partial charge is 0.163 e. The Kier molecular flexibility index (Phi) is 5.27. The molecule has 4 heteroatoms. The summed E-state index contributed by atoms with van der Waals surface area (Å²) in [5, 5.41) is 7.91. The maximum absolute atomic E-state index is 13.3. The molecule has 3 nitrogen and oxygen atoms in total. The number of benzene rings is 1. The van der Waals surface area contributed by atoms with Crippen LogP contribution in [0.4, 0.5) is 4.39 Å². The van der Waals surface area contributed by atoms with Crippen LogP contribution in [-0.2, 0) is 4.79 Å². The van der Waals surface area contributed by atoms with Gasteiger partial charge in [-0.1, -0.05) is 37.3 Å². The highest BCUT2D eigenvalue weighted by Crippen LogP contribution is 2.42. The molecule has 1 saturated carbocycles. The fourth-order valence-corrected chi connectivity index (χ4v) is 4.72. The van der Waals surface area contributed by atoms with E-state index in [-0.39, 0.29) is 17.5 Å². The van der Waals surface area contributed by atoms with Crippen LogP contribution >= 0.6 is 0 Å². The maximum Gasteiger partial charge on any atom is 0.163 e. The van der Waals surface area contributed by atoms with Crippen molar-refractivity contribution in [2.75, 3.05) is 0 Å². The average molecular weight is 388 g/mol. The van der Waals surface area contributed by atoms with Crippen molar-refractivity contribution in [2.24, 2.45) is 10.9 Å². The van der Waals surface area contributed by atoms with Crippen LogP contribution in [-0.4, -0.2) is 17.3 Å². The summed E-state index contributed by atoms with van der Waals surface area (Å²) in [5.41, 5.74) is 5.29. The Morgan fingerprint density at radius 3 is 2.76 bits per heavy atom. The zero-order valence-corrected chi connectivity index (χ0v) is 16.7. The van der Waals surface area contributed by atoms with Crippen LogP contribution in [0.3, 0.4) is 0 Å². The highest BCUT2D eigenvalue weighted by Gasteiger charge is 2.31. The van der Waals surface area contributed by atoms with Gasteiger partial charge in [-0.2, -0.15) is 0 Å². The van der Waals surface area contributed by atoms with E-state index in [1.807, 2.05) is 37.3 Å². The first-order chi connectivity index (χ1) is 13.9. The minimum Gasteiger partial charge on any atom is -0.294 e. The van der Waals surface area contributed by atoms with Crippen molar-refractivity contribution >= 4 is 17.3 Å². The van der Waals surface area contributed by atoms with Gasteiger partial charge >= 0.3 is 0 Å². The van der Waals surface area contributed by atoms with Crippen molar-refractivity contribution in [1.29, 1.82) is 5.41 Å². The zero-order valence-electron chi connectivity index (χ0n) is 16.7. The van der Waals surface area contributed by atoms with Crippen LogP contribution in [0.5, 0.6) is 0 Å².